The molecule has 2 heterocycles. The van der Waals surface area contributed by atoms with E-state index in [2.05, 4.69) is 10.4 Å². The summed E-state index contributed by atoms with van der Waals surface area (Å²) in [6.45, 7) is 6.32. The number of nitrogens with one attached hydrogen (secondary N) is 1. The molecular weight excluding hydrogens is 268 g/mol. The Bertz CT molecular complexity index is 523. The zero-order valence-corrected chi connectivity index (χ0v) is 13.2. The molecule has 116 valence electrons. The standard InChI is InChI=1S/C15H24N4O2/c1-5-6-12-15(21)19(9-11-7-8-18(4)17-11)13(10(2)3)14(20)16-12/h7-8,10,12-13H,5-6,9H2,1-4H3,(H,16,20). The summed E-state index contributed by atoms with van der Waals surface area (Å²) in [6, 6.07) is 1.06. The first-order valence-corrected chi connectivity index (χ1v) is 7.53. The van der Waals surface area contributed by atoms with Crippen molar-refractivity contribution in [1.29, 1.82) is 0 Å². The number of hydrogen-bond donors (Lipinski definition) is 1. The minimum absolute atomic E-state index is 0.000744. The average Bonchev–Trinajstić information content (AvgIpc) is 2.80. The average molecular weight is 292 g/mol. The van der Waals surface area contributed by atoms with Crippen LogP contribution in [0.5, 0.6) is 0 Å². The number of aryl methyl sites for hydroxylation is 1. The molecule has 1 aliphatic rings. The molecule has 1 aromatic rings. The Hall–Kier alpha value is -1.85. The van der Waals surface area contributed by atoms with Crippen LogP contribution in [0.4, 0.5) is 0 Å². The lowest BCUT2D eigenvalue weighted by Crippen LogP contribution is -2.64. The van der Waals surface area contributed by atoms with E-state index in [0.29, 0.717) is 13.0 Å². The van der Waals surface area contributed by atoms with Crippen LogP contribution in [0.1, 0.15) is 39.3 Å². The first-order valence-electron chi connectivity index (χ1n) is 7.53. The van der Waals surface area contributed by atoms with Crippen LogP contribution < -0.4 is 5.32 Å². The largest absolute Gasteiger partial charge is 0.342 e. The van der Waals surface area contributed by atoms with Crippen molar-refractivity contribution in [2.24, 2.45) is 13.0 Å². The van der Waals surface area contributed by atoms with Gasteiger partial charge in [0, 0.05) is 13.2 Å². The molecule has 2 atom stereocenters. The summed E-state index contributed by atoms with van der Waals surface area (Å²) in [6.07, 6.45) is 3.38. The Labute approximate surface area is 125 Å². The number of rotatable bonds is 5. The molecule has 0 radical (unpaired) electrons. The van der Waals surface area contributed by atoms with Crippen molar-refractivity contribution in [1.82, 2.24) is 20.0 Å². The molecule has 1 N–H and O–H groups in total. The molecule has 0 saturated carbocycles. The van der Waals surface area contributed by atoms with Gasteiger partial charge in [0.1, 0.15) is 12.1 Å². The molecule has 0 spiro atoms. The zero-order valence-electron chi connectivity index (χ0n) is 13.2. The van der Waals surface area contributed by atoms with Gasteiger partial charge in [0.15, 0.2) is 0 Å². The summed E-state index contributed by atoms with van der Waals surface area (Å²) < 4.78 is 1.71. The van der Waals surface area contributed by atoms with Gasteiger partial charge < -0.3 is 10.2 Å². The maximum atomic E-state index is 12.7. The van der Waals surface area contributed by atoms with Crippen molar-refractivity contribution in [3.63, 3.8) is 0 Å². The van der Waals surface area contributed by atoms with Gasteiger partial charge in [-0.05, 0) is 18.4 Å². The zero-order chi connectivity index (χ0) is 15.6. The van der Waals surface area contributed by atoms with Gasteiger partial charge in [-0.15, -0.1) is 0 Å². The fraction of sp³-hybridized carbons (Fsp3) is 0.667. The number of hydrogen-bond acceptors (Lipinski definition) is 3. The number of carbonyl (C=O) groups is 2. The maximum Gasteiger partial charge on any atom is 0.246 e. The van der Waals surface area contributed by atoms with E-state index < -0.39 is 12.1 Å². The highest BCUT2D eigenvalue weighted by atomic mass is 16.2. The number of amides is 2. The predicted octanol–water partition coefficient (Wildman–Crippen LogP) is 1.07. The lowest BCUT2D eigenvalue weighted by Gasteiger charge is -2.40. The fourth-order valence-electron chi connectivity index (χ4n) is 2.84. The topological polar surface area (TPSA) is 67.2 Å². The molecule has 0 aliphatic carbocycles. The second-order valence-electron chi connectivity index (χ2n) is 5.99. The Morgan fingerprint density at radius 1 is 1.38 bits per heavy atom. The maximum absolute atomic E-state index is 12.7. The van der Waals surface area contributed by atoms with E-state index in [1.807, 2.05) is 40.1 Å². The molecule has 2 rings (SSSR count). The van der Waals surface area contributed by atoms with Crippen LogP contribution in [0.3, 0.4) is 0 Å². The third kappa shape index (κ3) is 3.25. The fourth-order valence-corrected chi connectivity index (χ4v) is 2.84. The molecule has 6 heteroatoms. The molecule has 1 fully saturated rings. The van der Waals surface area contributed by atoms with Gasteiger partial charge in [0.2, 0.25) is 11.8 Å². The third-order valence-electron chi connectivity index (χ3n) is 3.81. The molecule has 0 bridgehead atoms. The quantitative estimate of drug-likeness (QED) is 0.883. The van der Waals surface area contributed by atoms with Crippen molar-refractivity contribution in [3.05, 3.63) is 18.0 Å². The highest BCUT2D eigenvalue weighted by Crippen LogP contribution is 2.21. The van der Waals surface area contributed by atoms with E-state index in [1.54, 1.807) is 9.58 Å². The van der Waals surface area contributed by atoms with Gasteiger partial charge >= 0.3 is 0 Å². The van der Waals surface area contributed by atoms with E-state index in [-0.39, 0.29) is 17.7 Å². The van der Waals surface area contributed by atoms with Crippen LogP contribution in [-0.2, 0) is 23.2 Å². The van der Waals surface area contributed by atoms with E-state index in [1.165, 1.54) is 0 Å². The van der Waals surface area contributed by atoms with E-state index >= 15 is 0 Å². The van der Waals surface area contributed by atoms with E-state index in [0.717, 1.165) is 12.1 Å². The van der Waals surface area contributed by atoms with Gasteiger partial charge in [0.25, 0.3) is 0 Å². The predicted molar refractivity (Wildman–Crippen MR) is 79.2 cm³/mol. The van der Waals surface area contributed by atoms with Gasteiger partial charge in [-0.3, -0.25) is 14.3 Å². The molecule has 21 heavy (non-hydrogen) atoms. The van der Waals surface area contributed by atoms with Crippen LogP contribution in [0, 0.1) is 5.92 Å². The van der Waals surface area contributed by atoms with Crippen molar-refractivity contribution >= 4 is 11.8 Å². The molecular formula is C15H24N4O2. The number of aromatic nitrogens is 2. The molecule has 0 aromatic carbocycles. The van der Waals surface area contributed by atoms with Gasteiger partial charge in [-0.1, -0.05) is 27.2 Å². The van der Waals surface area contributed by atoms with Gasteiger partial charge in [0.05, 0.1) is 12.2 Å². The molecule has 1 aliphatic heterocycles. The molecule has 1 aromatic heterocycles. The molecule has 6 nitrogen and oxygen atoms in total. The van der Waals surface area contributed by atoms with Gasteiger partial charge in [-0.2, -0.15) is 5.10 Å². The highest BCUT2D eigenvalue weighted by molar-refractivity contribution is 5.97. The first-order chi connectivity index (χ1) is 9.93. The first kappa shape index (κ1) is 15.5. The van der Waals surface area contributed by atoms with Crippen LogP contribution >= 0.6 is 0 Å². The van der Waals surface area contributed by atoms with E-state index in [4.69, 9.17) is 0 Å². The van der Waals surface area contributed by atoms with Crippen LogP contribution in [0.15, 0.2) is 12.3 Å². The summed E-state index contributed by atoms with van der Waals surface area (Å²) in [4.78, 5) is 26.7. The smallest absolute Gasteiger partial charge is 0.246 e. The number of nitrogens with zero attached hydrogens (tertiary/aromatic N) is 3. The van der Waals surface area contributed by atoms with Crippen LogP contribution in [0.2, 0.25) is 0 Å². The van der Waals surface area contributed by atoms with Gasteiger partial charge in [-0.25, -0.2) is 0 Å². The summed E-state index contributed by atoms with van der Waals surface area (Å²) in [5.41, 5.74) is 0.807. The minimum Gasteiger partial charge on any atom is -0.342 e. The lowest BCUT2D eigenvalue weighted by atomic mass is 9.95. The summed E-state index contributed by atoms with van der Waals surface area (Å²) in [7, 11) is 1.84. The number of carbonyl (C=O) groups excluding carboxylic acids is 2. The Balaban J connectivity index is 2.25. The van der Waals surface area contributed by atoms with Crippen molar-refractivity contribution in [2.45, 2.75) is 52.2 Å². The SMILES string of the molecule is CCCC1NC(=O)C(C(C)C)N(Cc2ccn(C)n2)C1=O. The Morgan fingerprint density at radius 3 is 2.62 bits per heavy atom. The van der Waals surface area contributed by atoms with E-state index in [9.17, 15) is 9.59 Å². The van der Waals surface area contributed by atoms with Crippen LogP contribution in [-0.4, -0.2) is 38.6 Å². The van der Waals surface area contributed by atoms with Crippen molar-refractivity contribution in [2.75, 3.05) is 0 Å². The second kappa shape index (κ2) is 6.28. The van der Waals surface area contributed by atoms with Crippen LogP contribution in [0.25, 0.3) is 0 Å². The number of piperazine rings is 1. The summed E-state index contributed by atoms with van der Waals surface area (Å²) in [5.74, 6) is 0.0139. The Kier molecular flexibility index (Phi) is 4.65. The second-order valence-corrected chi connectivity index (χ2v) is 5.99. The summed E-state index contributed by atoms with van der Waals surface area (Å²) in [5, 5.41) is 7.18. The van der Waals surface area contributed by atoms with Crippen molar-refractivity contribution in [3.8, 4) is 0 Å². The monoisotopic (exact) mass is 292 g/mol. The molecule has 2 amide bonds. The highest BCUT2D eigenvalue weighted by Gasteiger charge is 2.41. The van der Waals surface area contributed by atoms with Crippen molar-refractivity contribution < 1.29 is 9.59 Å². The Morgan fingerprint density at radius 2 is 2.10 bits per heavy atom. The molecule has 2 unspecified atom stereocenters. The summed E-state index contributed by atoms with van der Waals surface area (Å²) >= 11 is 0. The third-order valence-corrected chi connectivity index (χ3v) is 3.81. The lowest BCUT2D eigenvalue weighted by molar-refractivity contribution is -0.152. The normalized spacial score (nSPS) is 22.8. The molecule has 1 saturated heterocycles. The minimum atomic E-state index is -0.424.